The maximum Gasteiger partial charge on any atom is 0.236 e. The first-order valence-corrected chi connectivity index (χ1v) is 14.9. The molecular weight excluding hydrogens is 462 g/mol. The van der Waals surface area contributed by atoms with Gasteiger partial charge in [-0.05, 0) is 42.8 Å². The highest BCUT2D eigenvalue weighted by atomic mass is 32.2. The van der Waals surface area contributed by atoms with E-state index in [0.29, 0.717) is 10.9 Å². The van der Waals surface area contributed by atoms with E-state index in [0.717, 1.165) is 49.6 Å². The summed E-state index contributed by atoms with van der Waals surface area (Å²) < 4.78 is 0. The summed E-state index contributed by atoms with van der Waals surface area (Å²) >= 11 is 4.98. The lowest BCUT2D eigenvalue weighted by atomic mass is 9.53. The molecule has 0 radical (unpaired) electrons. The monoisotopic (exact) mass is 497 g/mol. The van der Waals surface area contributed by atoms with Gasteiger partial charge in [0, 0.05) is 41.3 Å². The van der Waals surface area contributed by atoms with Crippen LogP contribution in [-0.2, 0) is 16.0 Å². The number of carbonyl (C=O) groups excluding carboxylic acids is 2. The van der Waals surface area contributed by atoms with Crippen molar-refractivity contribution in [1.29, 1.82) is 0 Å². The van der Waals surface area contributed by atoms with Crippen molar-refractivity contribution in [3.63, 3.8) is 0 Å². The fourth-order valence-corrected chi connectivity index (χ4v) is 8.66. The second kappa shape index (κ2) is 9.84. The smallest absolute Gasteiger partial charge is 0.236 e. The summed E-state index contributed by atoms with van der Waals surface area (Å²) in [5.41, 5.74) is 1.00. The molecule has 1 saturated carbocycles. The highest BCUT2D eigenvalue weighted by molar-refractivity contribution is 7.99. The molecule has 0 spiro atoms. The van der Waals surface area contributed by atoms with Crippen LogP contribution in [0.4, 0.5) is 5.13 Å². The molecule has 4 rings (SSSR count). The van der Waals surface area contributed by atoms with Gasteiger partial charge in [0.15, 0.2) is 5.13 Å². The Labute approximate surface area is 203 Å². The molecule has 2 N–H and O–H groups in total. The number of nitrogens with zero attached hydrogens (tertiary/aromatic N) is 2. The molecular formula is C23H35N3O3S3. The highest BCUT2D eigenvalue weighted by Crippen LogP contribution is 2.57. The van der Waals surface area contributed by atoms with Gasteiger partial charge in [-0.15, -0.1) is 11.3 Å². The number of hydrogen-bond acceptors (Lipinski definition) is 7. The molecule has 32 heavy (non-hydrogen) atoms. The zero-order valence-corrected chi connectivity index (χ0v) is 21.9. The van der Waals surface area contributed by atoms with Crippen LogP contribution in [0.5, 0.6) is 0 Å². The van der Waals surface area contributed by atoms with E-state index in [4.69, 9.17) is 4.98 Å². The van der Waals surface area contributed by atoms with Gasteiger partial charge in [0.05, 0.1) is 17.6 Å². The van der Waals surface area contributed by atoms with Gasteiger partial charge in [-0.25, -0.2) is 4.98 Å². The van der Waals surface area contributed by atoms with Crippen molar-refractivity contribution in [2.24, 2.45) is 23.2 Å². The van der Waals surface area contributed by atoms with Gasteiger partial charge in [0.2, 0.25) is 11.8 Å². The van der Waals surface area contributed by atoms with Crippen LogP contribution in [0.15, 0.2) is 0 Å². The average molecular weight is 498 g/mol. The Balaban J connectivity index is 1.52. The predicted octanol–water partition coefficient (Wildman–Crippen LogP) is 3.71. The molecule has 1 aromatic rings. The lowest BCUT2D eigenvalue weighted by Gasteiger charge is -2.53. The minimum absolute atomic E-state index is 0.0139. The SMILES string of the molecule is CSCC(=O)Nc1nc2c(s1)C[C@@]1(C)CC[C@@H]([C@H](C)C(=O)N3CCSCC3)[C@H](O)[C@H]1[C@@H]2C. The molecule has 1 saturated heterocycles. The molecule has 2 heterocycles. The lowest BCUT2D eigenvalue weighted by Crippen LogP contribution is -2.54. The molecule has 0 unspecified atom stereocenters. The van der Waals surface area contributed by atoms with Crippen LogP contribution < -0.4 is 5.32 Å². The number of hydrogen-bond donors (Lipinski definition) is 2. The molecule has 0 bridgehead atoms. The number of anilines is 1. The van der Waals surface area contributed by atoms with Crippen LogP contribution in [0.25, 0.3) is 0 Å². The molecule has 2 aliphatic carbocycles. The zero-order valence-electron chi connectivity index (χ0n) is 19.4. The number of aliphatic hydroxyl groups excluding tert-OH is 1. The Bertz CT molecular complexity index is 857. The minimum atomic E-state index is -0.522. The Morgan fingerprint density at radius 3 is 2.78 bits per heavy atom. The van der Waals surface area contributed by atoms with Gasteiger partial charge >= 0.3 is 0 Å². The summed E-state index contributed by atoms with van der Waals surface area (Å²) in [6.07, 6.45) is 4.15. The van der Waals surface area contributed by atoms with Crippen LogP contribution in [-0.4, -0.2) is 69.5 Å². The number of fused-ring (bicyclic) bond motifs is 2. The molecule has 0 aromatic carbocycles. The van der Waals surface area contributed by atoms with Gasteiger partial charge in [-0.1, -0.05) is 20.8 Å². The molecule has 3 aliphatic rings. The molecule has 2 fully saturated rings. The van der Waals surface area contributed by atoms with E-state index in [1.165, 1.54) is 16.6 Å². The van der Waals surface area contributed by atoms with Crippen molar-refractivity contribution in [2.75, 3.05) is 41.9 Å². The topological polar surface area (TPSA) is 82.5 Å². The summed E-state index contributed by atoms with van der Waals surface area (Å²) in [5.74, 6) is 2.59. The lowest BCUT2D eigenvalue weighted by molar-refractivity contribution is -0.144. The normalized spacial score (nSPS) is 33.2. The molecule has 6 atom stereocenters. The number of aromatic nitrogens is 1. The van der Waals surface area contributed by atoms with E-state index in [9.17, 15) is 14.7 Å². The summed E-state index contributed by atoms with van der Waals surface area (Å²) in [6, 6.07) is 0. The first kappa shape index (κ1) is 24.4. The summed E-state index contributed by atoms with van der Waals surface area (Å²) in [6.45, 7) is 8.11. The third kappa shape index (κ3) is 4.59. The van der Waals surface area contributed by atoms with Crippen LogP contribution in [0.2, 0.25) is 0 Å². The van der Waals surface area contributed by atoms with Crippen LogP contribution in [0.3, 0.4) is 0 Å². The van der Waals surface area contributed by atoms with E-state index < -0.39 is 6.10 Å². The maximum absolute atomic E-state index is 13.2. The van der Waals surface area contributed by atoms with Crippen LogP contribution >= 0.6 is 34.9 Å². The van der Waals surface area contributed by atoms with Crippen molar-refractivity contribution in [3.05, 3.63) is 10.6 Å². The number of thioether (sulfide) groups is 2. The third-order valence-corrected chi connectivity index (χ3v) is 10.3. The predicted molar refractivity (Wildman–Crippen MR) is 135 cm³/mol. The van der Waals surface area contributed by atoms with Gasteiger partial charge in [-0.3, -0.25) is 9.59 Å². The van der Waals surface area contributed by atoms with Gasteiger partial charge in [-0.2, -0.15) is 23.5 Å². The second-order valence-corrected chi connectivity index (χ2v) is 13.0. The van der Waals surface area contributed by atoms with E-state index in [-0.39, 0.29) is 40.9 Å². The Hall–Kier alpha value is -0.770. The number of thiazole rings is 1. The van der Waals surface area contributed by atoms with E-state index in [2.05, 4.69) is 19.2 Å². The summed E-state index contributed by atoms with van der Waals surface area (Å²) in [5, 5.41) is 15.2. The van der Waals surface area contributed by atoms with Crippen molar-refractivity contribution >= 4 is 51.8 Å². The molecule has 6 nitrogen and oxygen atoms in total. The second-order valence-electron chi connectivity index (χ2n) is 9.87. The van der Waals surface area contributed by atoms with Crippen molar-refractivity contribution in [2.45, 2.75) is 52.1 Å². The zero-order chi connectivity index (χ0) is 23.0. The number of rotatable bonds is 5. The maximum atomic E-state index is 13.2. The first-order chi connectivity index (χ1) is 15.2. The molecule has 1 aromatic heterocycles. The van der Waals surface area contributed by atoms with Crippen LogP contribution in [0, 0.1) is 23.2 Å². The van der Waals surface area contributed by atoms with Crippen molar-refractivity contribution in [3.8, 4) is 0 Å². The van der Waals surface area contributed by atoms with Crippen molar-refractivity contribution < 1.29 is 14.7 Å². The Morgan fingerprint density at radius 2 is 2.09 bits per heavy atom. The molecule has 1 aliphatic heterocycles. The van der Waals surface area contributed by atoms with E-state index in [1.807, 2.05) is 29.8 Å². The summed E-state index contributed by atoms with van der Waals surface area (Å²) in [4.78, 5) is 33.2. The van der Waals surface area contributed by atoms with Crippen molar-refractivity contribution in [1.82, 2.24) is 9.88 Å². The fourth-order valence-electron chi connectivity index (χ4n) is 6.14. The first-order valence-electron chi connectivity index (χ1n) is 11.6. The van der Waals surface area contributed by atoms with Crippen LogP contribution in [0.1, 0.15) is 50.1 Å². The number of carbonyl (C=O) groups is 2. The summed E-state index contributed by atoms with van der Waals surface area (Å²) in [7, 11) is 0. The standard InChI is InChI=1S/C23H35N3O3S3/c1-13(21(29)26-7-9-31-10-8-26)15-5-6-23(3)11-16-19(14(2)18(23)20(15)28)25-22(32-16)24-17(27)12-30-4/h13-15,18,20,28H,5-12H2,1-4H3,(H,24,25,27)/t13-,14-,15-,18+,20-,23+/m0/s1. The van der Waals surface area contributed by atoms with E-state index in [1.54, 1.807) is 11.3 Å². The average Bonchev–Trinajstić information content (AvgIpc) is 3.15. The number of nitrogens with one attached hydrogen (secondary N) is 1. The van der Waals surface area contributed by atoms with Gasteiger partial charge in [0.1, 0.15) is 0 Å². The minimum Gasteiger partial charge on any atom is -0.392 e. The largest absolute Gasteiger partial charge is 0.392 e. The number of aliphatic hydroxyl groups is 1. The van der Waals surface area contributed by atoms with E-state index >= 15 is 0 Å². The van der Waals surface area contributed by atoms with Gasteiger partial charge in [0.25, 0.3) is 0 Å². The molecule has 178 valence electrons. The Kier molecular flexibility index (Phi) is 7.49. The van der Waals surface area contributed by atoms with Gasteiger partial charge < -0.3 is 15.3 Å². The quantitative estimate of drug-likeness (QED) is 0.645. The Morgan fingerprint density at radius 1 is 1.38 bits per heavy atom. The molecule has 9 heteroatoms. The highest BCUT2D eigenvalue weighted by Gasteiger charge is 2.54. The third-order valence-electron chi connectivity index (χ3n) is 7.80. The molecule has 2 amide bonds. The fraction of sp³-hybridized carbons (Fsp3) is 0.783. The number of amides is 2.